The molecule has 1 aliphatic rings. The molecule has 0 aliphatic heterocycles. The third-order valence-electron chi connectivity index (χ3n) is 8.30. The lowest BCUT2D eigenvalue weighted by Gasteiger charge is -2.11. The number of aromatic nitrogens is 1. The van der Waals surface area contributed by atoms with Crippen molar-refractivity contribution >= 4 is 60.1 Å². The van der Waals surface area contributed by atoms with Crippen LogP contribution in [0.5, 0.6) is 0 Å². The van der Waals surface area contributed by atoms with E-state index in [0.29, 0.717) is 5.96 Å². The highest BCUT2D eigenvalue weighted by atomic mass is 15.1. The van der Waals surface area contributed by atoms with Crippen LogP contribution in [0.4, 0.5) is 0 Å². The summed E-state index contributed by atoms with van der Waals surface area (Å²) < 4.78 is 2.14. The number of hydrogen-bond acceptors (Lipinski definition) is 1. The number of nitrogens with two attached hydrogens (primary N) is 1. The molecule has 0 amide bonds. The molecule has 0 saturated carbocycles. The van der Waals surface area contributed by atoms with Gasteiger partial charge in [-0.05, 0) is 51.9 Å². The van der Waals surface area contributed by atoms with Crippen LogP contribution in [0.3, 0.4) is 0 Å². The molecule has 1 aromatic heterocycles. The van der Waals surface area contributed by atoms with Crippen LogP contribution in [0, 0.1) is 0 Å². The van der Waals surface area contributed by atoms with Crippen molar-refractivity contribution < 1.29 is 0 Å². The first-order chi connectivity index (χ1) is 20.7. The predicted octanol–water partition coefficient (Wildman–Crippen LogP) is 9.55. The molecule has 0 fully saturated rings. The summed E-state index contributed by atoms with van der Waals surface area (Å²) in [6.45, 7) is 0. The largest absolute Gasteiger partial charge is 0.369 e. The molecule has 7 aromatic rings. The summed E-state index contributed by atoms with van der Waals surface area (Å²) in [5.74, 6) is 0.502. The van der Waals surface area contributed by atoms with E-state index < -0.39 is 0 Å². The van der Waals surface area contributed by atoms with Crippen molar-refractivity contribution in [2.75, 3.05) is 7.05 Å². The Hall–Kier alpha value is -5.15. The van der Waals surface area contributed by atoms with Crippen molar-refractivity contribution in [3.05, 3.63) is 145 Å². The van der Waals surface area contributed by atoms with Gasteiger partial charge in [-0.1, -0.05) is 133 Å². The molecule has 42 heavy (non-hydrogen) atoms. The summed E-state index contributed by atoms with van der Waals surface area (Å²) in [7, 11) is 1.75. The molecule has 6 aromatic carbocycles. The van der Waals surface area contributed by atoms with Crippen LogP contribution in [-0.4, -0.2) is 17.6 Å². The minimum atomic E-state index is 0.502. The van der Waals surface area contributed by atoms with Gasteiger partial charge in [0, 0.05) is 28.6 Å². The highest BCUT2D eigenvalue weighted by Crippen LogP contribution is 2.42. The third-order valence-corrected chi connectivity index (χ3v) is 8.30. The van der Waals surface area contributed by atoms with Crippen molar-refractivity contribution in [2.24, 2.45) is 10.7 Å². The van der Waals surface area contributed by atoms with E-state index in [1.807, 2.05) is 0 Å². The molecule has 3 heteroatoms. The van der Waals surface area contributed by atoms with Crippen molar-refractivity contribution in [1.82, 2.24) is 4.57 Å². The Morgan fingerprint density at radius 2 is 1.29 bits per heavy atom. The second-order valence-corrected chi connectivity index (χ2v) is 10.8. The Morgan fingerprint density at radius 3 is 2.00 bits per heavy atom. The number of hydrogen-bond donors (Lipinski definition) is 1. The zero-order valence-electron chi connectivity index (χ0n) is 23.8. The SMILES string of the molecule is C1=CC(Cc2ccccc2)=CCC1.CN=C(N)n1c2c3ccccc3ccc2c2c3ccccc3c3ccccc3c21. The number of rotatable bonds is 2. The molecule has 8 rings (SSSR count). The van der Waals surface area contributed by atoms with E-state index >= 15 is 0 Å². The van der Waals surface area contributed by atoms with Crippen molar-refractivity contribution in [3.8, 4) is 0 Å². The Bertz CT molecular complexity index is 2180. The fourth-order valence-corrected chi connectivity index (χ4v) is 6.40. The minimum absolute atomic E-state index is 0.502. The number of benzene rings is 6. The second kappa shape index (κ2) is 11.0. The van der Waals surface area contributed by atoms with Gasteiger partial charge < -0.3 is 5.73 Å². The van der Waals surface area contributed by atoms with Gasteiger partial charge in [-0.3, -0.25) is 9.56 Å². The van der Waals surface area contributed by atoms with E-state index in [1.54, 1.807) is 7.05 Å². The summed E-state index contributed by atoms with van der Waals surface area (Å²) in [4.78, 5) is 4.38. The number of nitrogens with zero attached hydrogens (tertiary/aromatic N) is 2. The molecule has 1 heterocycles. The first-order valence-corrected chi connectivity index (χ1v) is 14.6. The lowest BCUT2D eigenvalue weighted by atomic mass is 9.96. The van der Waals surface area contributed by atoms with E-state index in [4.69, 9.17) is 5.73 Å². The molecule has 0 bridgehead atoms. The molecule has 2 N–H and O–H groups in total. The highest BCUT2D eigenvalue weighted by molar-refractivity contribution is 6.35. The average molecular weight is 544 g/mol. The van der Waals surface area contributed by atoms with Crippen molar-refractivity contribution in [3.63, 3.8) is 0 Å². The van der Waals surface area contributed by atoms with Crippen LogP contribution < -0.4 is 5.73 Å². The Morgan fingerprint density at radius 1 is 0.643 bits per heavy atom. The summed E-state index contributed by atoms with van der Waals surface area (Å²) in [6.07, 6.45) is 10.3. The van der Waals surface area contributed by atoms with Gasteiger partial charge in [0.25, 0.3) is 0 Å². The zero-order valence-corrected chi connectivity index (χ0v) is 23.8. The molecule has 1 aliphatic carbocycles. The highest BCUT2D eigenvalue weighted by Gasteiger charge is 2.20. The van der Waals surface area contributed by atoms with Gasteiger partial charge in [0.05, 0.1) is 11.0 Å². The first kappa shape index (κ1) is 25.8. The fraction of sp³-hybridized carbons (Fsp3) is 0.103. The molecule has 0 unspecified atom stereocenters. The molecule has 0 radical (unpaired) electrons. The third kappa shape index (κ3) is 4.44. The van der Waals surface area contributed by atoms with E-state index in [1.165, 1.54) is 67.1 Å². The first-order valence-electron chi connectivity index (χ1n) is 14.6. The van der Waals surface area contributed by atoms with Gasteiger partial charge in [-0.2, -0.15) is 0 Å². The van der Waals surface area contributed by atoms with Crippen LogP contribution in [0.15, 0.2) is 144 Å². The van der Waals surface area contributed by atoms with Gasteiger partial charge in [-0.15, -0.1) is 0 Å². The van der Waals surface area contributed by atoms with Gasteiger partial charge in [0.2, 0.25) is 0 Å². The minimum Gasteiger partial charge on any atom is -0.369 e. The summed E-state index contributed by atoms with van der Waals surface area (Å²) >= 11 is 0. The number of aliphatic imine (C=N–C) groups is 1. The van der Waals surface area contributed by atoms with E-state index in [0.717, 1.165) is 17.5 Å². The van der Waals surface area contributed by atoms with Crippen molar-refractivity contribution in [2.45, 2.75) is 19.3 Å². The number of fused-ring (bicyclic) bond motifs is 10. The molecule has 0 spiro atoms. The quantitative estimate of drug-likeness (QED) is 0.132. The molecular formula is C39H33N3. The van der Waals surface area contributed by atoms with Crippen LogP contribution in [0.1, 0.15) is 18.4 Å². The molecular weight excluding hydrogens is 510 g/mol. The maximum atomic E-state index is 6.51. The topological polar surface area (TPSA) is 43.3 Å². The molecule has 0 atom stereocenters. The normalized spacial score (nSPS) is 13.5. The van der Waals surface area contributed by atoms with E-state index in [9.17, 15) is 0 Å². The smallest absolute Gasteiger partial charge is 0.200 e. The monoisotopic (exact) mass is 543 g/mol. The van der Waals surface area contributed by atoms with Crippen LogP contribution in [0.2, 0.25) is 0 Å². The Kier molecular flexibility index (Phi) is 6.77. The van der Waals surface area contributed by atoms with E-state index in [2.05, 4.69) is 143 Å². The lowest BCUT2D eigenvalue weighted by molar-refractivity contribution is 0.994. The predicted molar refractivity (Wildman–Crippen MR) is 182 cm³/mol. The lowest BCUT2D eigenvalue weighted by Crippen LogP contribution is -2.21. The van der Waals surface area contributed by atoms with Crippen LogP contribution in [-0.2, 0) is 6.42 Å². The van der Waals surface area contributed by atoms with Crippen molar-refractivity contribution in [1.29, 1.82) is 0 Å². The summed E-state index contributed by atoms with van der Waals surface area (Å²) in [6, 6.07) is 40.7. The average Bonchev–Trinajstić information content (AvgIpc) is 3.42. The summed E-state index contributed by atoms with van der Waals surface area (Å²) in [5, 5.41) is 9.72. The number of allylic oxidation sites excluding steroid dienone is 4. The summed E-state index contributed by atoms with van der Waals surface area (Å²) in [5.41, 5.74) is 11.6. The molecule has 204 valence electrons. The fourth-order valence-electron chi connectivity index (χ4n) is 6.40. The standard InChI is InChI=1S/C26H19N3.C13H14/c1-28-26(27)29-24-17-9-3-2-8-16(17)14-15-22(24)23-20-12-6-4-10-18(20)19-11-5-7-13-21(19)25(23)29;1-3-7-12(8-4-1)11-13-9-5-2-6-10-13/h2-15H,1H3,(H2,27,28);1,3-5,7-10H,2,6,11H2. The Labute approximate surface area is 245 Å². The zero-order chi connectivity index (χ0) is 28.5. The van der Waals surface area contributed by atoms with Crippen LogP contribution >= 0.6 is 0 Å². The Balaban J connectivity index is 0.000000186. The van der Waals surface area contributed by atoms with Gasteiger partial charge in [0.15, 0.2) is 5.96 Å². The van der Waals surface area contributed by atoms with E-state index in [-0.39, 0.29) is 0 Å². The van der Waals surface area contributed by atoms with Gasteiger partial charge in [-0.25, -0.2) is 0 Å². The molecule has 0 saturated heterocycles. The maximum Gasteiger partial charge on any atom is 0.200 e. The van der Waals surface area contributed by atoms with Crippen LogP contribution in [0.25, 0.3) is 54.1 Å². The maximum absolute atomic E-state index is 6.51. The van der Waals surface area contributed by atoms with Gasteiger partial charge in [0.1, 0.15) is 0 Å². The second-order valence-electron chi connectivity index (χ2n) is 10.8. The van der Waals surface area contributed by atoms with Gasteiger partial charge >= 0.3 is 0 Å². The molecule has 3 nitrogen and oxygen atoms in total.